The van der Waals surface area contributed by atoms with Crippen LogP contribution in [0.3, 0.4) is 0 Å². The first kappa shape index (κ1) is 14.3. The van der Waals surface area contributed by atoms with Gasteiger partial charge in [0, 0.05) is 38.0 Å². The first-order valence-electron chi connectivity index (χ1n) is 8.79. The molecule has 2 aliphatic rings. The third-order valence-corrected chi connectivity index (χ3v) is 5.35. The van der Waals surface area contributed by atoms with Gasteiger partial charge in [0.1, 0.15) is 0 Å². The Morgan fingerprint density at radius 2 is 1.82 bits per heavy atom. The highest BCUT2D eigenvalue weighted by Crippen LogP contribution is 2.29. The third kappa shape index (κ3) is 2.92. The van der Waals surface area contributed by atoms with Crippen molar-refractivity contribution in [2.45, 2.75) is 38.1 Å². The van der Waals surface area contributed by atoms with Crippen LogP contribution in [-0.2, 0) is 11.3 Å². The molecule has 0 radical (unpaired) electrons. The second-order valence-corrected chi connectivity index (χ2v) is 6.76. The van der Waals surface area contributed by atoms with Crippen molar-refractivity contribution in [2.75, 3.05) is 32.8 Å². The van der Waals surface area contributed by atoms with E-state index in [1.54, 1.807) is 0 Å². The molecule has 0 N–H and O–H groups in total. The fourth-order valence-electron chi connectivity index (χ4n) is 3.94. The molecular weight excluding hydrogens is 272 g/mol. The zero-order valence-electron chi connectivity index (χ0n) is 13.3. The molecule has 0 bridgehead atoms. The van der Waals surface area contributed by atoms with Gasteiger partial charge >= 0.3 is 0 Å². The van der Waals surface area contributed by atoms with E-state index in [1.807, 2.05) is 0 Å². The number of benzene rings is 1. The van der Waals surface area contributed by atoms with Crippen molar-refractivity contribution in [1.82, 2.24) is 9.47 Å². The highest BCUT2D eigenvalue weighted by atomic mass is 16.5. The summed E-state index contributed by atoms with van der Waals surface area (Å²) in [5.41, 5.74) is 2.90. The smallest absolute Gasteiger partial charge is 0.0483 e. The Labute approximate surface area is 132 Å². The zero-order chi connectivity index (χ0) is 14.8. The van der Waals surface area contributed by atoms with Gasteiger partial charge in [0.2, 0.25) is 0 Å². The summed E-state index contributed by atoms with van der Waals surface area (Å²) in [6.07, 6.45) is 7.34. The second-order valence-electron chi connectivity index (χ2n) is 6.76. The number of fused-ring (bicyclic) bond motifs is 1. The van der Waals surface area contributed by atoms with Crippen LogP contribution in [0.2, 0.25) is 0 Å². The fraction of sp³-hybridized carbons (Fsp3) is 0.579. The molecule has 0 atom stereocenters. The SMILES string of the molecule is c1cc2ccn(CCN3CCCC3)c2cc1C1CCOCC1. The summed E-state index contributed by atoms with van der Waals surface area (Å²) in [6, 6.07) is 9.30. The quantitative estimate of drug-likeness (QED) is 0.857. The maximum Gasteiger partial charge on any atom is 0.0483 e. The lowest BCUT2D eigenvalue weighted by Crippen LogP contribution is -2.23. The van der Waals surface area contributed by atoms with Crippen molar-refractivity contribution < 1.29 is 4.74 Å². The Morgan fingerprint density at radius 1 is 1.00 bits per heavy atom. The molecule has 3 heteroatoms. The molecule has 0 amide bonds. The van der Waals surface area contributed by atoms with Gasteiger partial charge in [-0.1, -0.05) is 12.1 Å². The lowest BCUT2D eigenvalue weighted by atomic mass is 9.91. The van der Waals surface area contributed by atoms with E-state index in [0.29, 0.717) is 5.92 Å². The zero-order valence-corrected chi connectivity index (χ0v) is 13.3. The fourth-order valence-corrected chi connectivity index (χ4v) is 3.94. The molecule has 118 valence electrons. The minimum absolute atomic E-state index is 0.681. The maximum atomic E-state index is 5.50. The molecule has 2 saturated heterocycles. The van der Waals surface area contributed by atoms with E-state index in [4.69, 9.17) is 4.74 Å². The molecule has 4 rings (SSSR count). The van der Waals surface area contributed by atoms with Crippen LogP contribution in [0, 0.1) is 0 Å². The first-order valence-corrected chi connectivity index (χ1v) is 8.79. The van der Waals surface area contributed by atoms with Crippen LogP contribution in [0.5, 0.6) is 0 Å². The monoisotopic (exact) mass is 298 g/mol. The Hall–Kier alpha value is -1.32. The number of aromatic nitrogens is 1. The van der Waals surface area contributed by atoms with Crippen molar-refractivity contribution in [3.8, 4) is 0 Å². The van der Waals surface area contributed by atoms with Crippen LogP contribution in [0.1, 0.15) is 37.2 Å². The van der Waals surface area contributed by atoms with E-state index >= 15 is 0 Å². The molecule has 2 aromatic rings. The number of nitrogens with zero attached hydrogens (tertiary/aromatic N) is 2. The highest BCUT2D eigenvalue weighted by molar-refractivity contribution is 5.81. The molecule has 2 fully saturated rings. The van der Waals surface area contributed by atoms with Crippen molar-refractivity contribution in [1.29, 1.82) is 0 Å². The number of hydrogen-bond donors (Lipinski definition) is 0. The van der Waals surface area contributed by atoms with Crippen molar-refractivity contribution in [3.63, 3.8) is 0 Å². The van der Waals surface area contributed by atoms with Gasteiger partial charge in [-0.2, -0.15) is 0 Å². The molecule has 3 heterocycles. The van der Waals surface area contributed by atoms with Gasteiger partial charge in [-0.3, -0.25) is 0 Å². The van der Waals surface area contributed by atoms with E-state index in [2.05, 4.69) is 39.9 Å². The summed E-state index contributed by atoms with van der Waals surface area (Å²) in [5.74, 6) is 0.681. The van der Waals surface area contributed by atoms with Gasteiger partial charge < -0.3 is 14.2 Å². The van der Waals surface area contributed by atoms with Gasteiger partial charge in [-0.25, -0.2) is 0 Å². The summed E-state index contributed by atoms with van der Waals surface area (Å²) >= 11 is 0. The predicted octanol–water partition coefficient (Wildman–Crippen LogP) is 3.63. The third-order valence-electron chi connectivity index (χ3n) is 5.35. The average molecular weight is 298 g/mol. The van der Waals surface area contributed by atoms with E-state index in [-0.39, 0.29) is 0 Å². The van der Waals surface area contributed by atoms with Crippen LogP contribution in [0.15, 0.2) is 30.5 Å². The molecule has 0 aliphatic carbocycles. The van der Waals surface area contributed by atoms with Crippen LogP contribution < -0.4 is 0 Å². The molecule has 0 spiro atoms. The summed E-state index contributed by atoms with van der Waals surface area (Å²) < 4.78 is 7.94. The molecule has 2 aliphatic heterocycles. The number of hydrogen-bond acceptors (Lipinski definition) is 2. The largest absolute Gasteiger partial charge is 0.381 e. The van der Waals surface area contributed by atoms with Crippen molar-refractivity contribution in [3.05, 3.63) is 36.0 Å². The van der Waals surface area contributed by atoms with E-state index in [0.717, 1.165) is 19.8 Å². The normalized spacial score (nSPS) is 20.9. The molecular formula is C19H26N2O. The maximum absolute atomic E-state index is 5.50. The summed E-state index contributed by atoms with van der Waals surface area (Å²) in [5, 5.41) is 1.37. The standard InChI is InChI=1S/C19H26N2O/c1-2-9-20(8-1)11-12-21-10-5-17-3-4-18(15-19(17)21)16-6-13-22-14-7-16/h3-5,10,15-16H,1-2,6-9,11-14H2. The average Bonchev–Trinajstić information content (AvgIpc) is 3.23. The van der Waals surface area contributed by atoms with Gasteiger partial charge in [0.25, 0.3) is 0 Å². The molecule has 0 unspecified atom stereocenters. The molecule has 22 heavy (non-hydrogen) atoms. The summed E-state index contributed by atoms with van der Waals surface area (Å²) in [7, 11) is 0. The summed E-state index contributed by atoms with van der Waals surface area (Å²) in [6.45, 7) is 6.70. The summed E-state index contributed by atoms with van der Waals surface area (Å²) in [4.78, 5) is 2.59. The van der Waals surface area contributed by atoms with Crippen LogP contribution >= 0.6 is 0 Å². The topological polar surface area (TPSA) is 17.4 Å². The molecule has 0 saturated carbocycles. The van der Waals surface area contributed by atoms with Crippen LogP contribution in [0.4, 0.5) is 0 Å². The van der Waals surface area contributed by atoms with Crippen molar-refractivity contribution in [2.24, 2.45) is 0 Å². The van der Waals surface area contributed by atoms with Gasteiger partial charge in [0.15, 0.2) is 0 Å². The molecule has 1 aromatic heterocycles. The van der Waals surface area contributed by atoms with E-state index < -0.39 is 0 Å². The van der Waals surface area contributed by atoms with E-state index in [1.165, 1.54) is 61.8 Å². The molecule has 1 aromatic carbocycles. The Balaban J connectivity index is 1.53. The second kappa shape index (κ2) is 6.43. The Morgan fingerprint density at radius 3 is 2.64 bits per heavy atom. The van der Waals surface area contributed by atoms with Crippen molar-refractivity contribution >= 4 is 10.9 Å². The Kier molecular flexibility index (Phi) is 4.17. The van der Waals surface area contributed by atoms with E-state index in [9.17, 15) is 0 Å². The molecule has 3 nitrogen and oxygen atoms in total. The Bertz CT molecular complexity index is 621. The van der Waals surface area contributed by atoms with Gasteiger partial charge in [-0.15, -0.1) is 0 Å². The van der Waals surface area contributed by atoms with Gasteiger partial charge in [-0.05, 0) is 67.8 Å². The van der Waals surface area contributed by atoms with Gasteiger partial charge in [0.05, 0.1) is 0 Å². The minimum atomic E-state index is 0.681. The lowest BCUT2D eigenvalue weighted by molar-refractivity contribution is 0.0853. The van der Waals surface area contributed by atoms with Crippen LogP contribution in [-0.4, -0.2) is 42.3 Å². The highest BCUT2D eigenvalue weighted by Gasteiger charge is 2.17. The first-order chi connectivity index (χ1) is 10.9. The minimum Gasteiger partial charge on any atom is -0.381 e. The number of likely N-dealkylation sites (tertiary alicyclic amines) is 1. The van der Waals surface area contributed by atoms with Crippen LogP contribution in [0.25, 0.3) is 10.9 Å². The predicted molar refractivity (Wildman–Crippen MR) is 90.4 cm³/mol. The number of ether oxygens (including phenoxy) is 1. The number of rotatable bonds is 4. The lowest BCUT2D eigenvalue weighted by Gasteiger charge is -2.22.